The van der Waals surface area contributed by atoms with Crippen LogP contribution in [0.1, 0.15) is 130 Å². The molecule has 10 amide bonds. The zero-order chi connectivity index (χ0) is 70.4. The maximum atomic E-state index is 14.8. The molecule has 2 aromatic rings. The van der Waals surface area contributed by atoms with Crippen molar-refractivity contribution in [2.24, 2.45) is 62.1 Å². The Hall–Kier alpha value is -9.62. The van der Waals surface area contributed by atoms with Gasteiger partial charge in [0.1, 0.15) is 60.1 Å². The smallest absolute Gasteiger partial charge is 0.326 e. The number of aliphatic carboxylic acids is 2. The molecular formula is C62H97N17O15. The van der Waals surface area contributed by atoms with Crippen LogP contribution in [0.5, 0.6) is 5.75 Å². The van der Waals surface area contributed by atoms with Crippen molar-refractivity contribution in [2.45, 2.75) is 192 Å². The van der Waals surface area contributed by atoms with E-state index in [-0.39, 0.29) is 120 Å². The second kappa shape index (κ2) is 39.7. The average molecular weight is 1320 g/mol. The van der Waals surface area contributed by atoms with E-state index in [0.29, 0.717) is 17.5 Å². The molecule has 1 aliphatic rings. The van der Waals surface area contributed by atoms with Crippen LogP contribution < -0.4 is 76.9 Å². The number of nitrogens with one attached hydrogen (secondary N) is 8. The monoisotopic (exact) mass is 1320 g/mol. The summed E-state index contributed by atoms with van der Waals surface area (Å²) in [6.45, 7) is 10.4. The summed E-state index contributed by atoms with van der Waals surface area (Å²) < 4.78 is 0. The standard InChI is InChI=1S/C62H97N17O15/c1-33(2)29-39(63)51(84)71-41(22-24-48(64)81)53(86)77-45(31-36-13-8-7-9-14-36)56(89)73-42(23-25-49(82)83)54(87)75-44(30-34(3)4)55(88)72-40(15-10-26-69-61(65)66)52(85)76-46(32-37-18-20-38(80)21-19-37)57(90)74-43(16-11-27-70-62(67)68)59(92)79-28-12-17-47(79)58(91)78-50(35(5)6)60(93)94/h7-9,13-14,18-21,33-35,39-47,50,80H,10-12,15-17,22-32,63H2,1-6H3,(H2,64,81)(H,71,84)(H,72,88)(H,73,89)(H,74,90)(H,75,87)(H,76,85)(H,77,86)(H,78,91)(H,82,83)(H,93,94)(H4,65,66,69)(H4,67,68,70)/t39-,40-,41-,42-,43-,44-,45-,46-,47-,50-/m0/s1. The molecule has 0 radical (unpaired) electrons. The number of carboxylic acids is 2. The Morgan fingerprint density at radius 1 is 0.521 bits per heavy atom. The minimum absolute atomic E-state index is 0.00309. The van der Waals surface area contributed by atoms with Gasteiger partial charge in [0.15, 0.2) is 11.9 Å². The van der Waals surface area contributed by atoms with E-state index in [1.165, 1.54) is 29.2 Å². The third-order valence-corrected chi connectivity index (χ3v) is 15.1. The molecule has 520 valence electrons. The molecule has 0 aliphatic carbocycles. The van der Waals surface area contributed by atoms with E-state index in [2.05, 4.69) is 52.5 Å². The van der Waals surface area contributed by atoms with Crippen LogP contribution >= 0.6 is 0 Å². The summed E-state index contributed by atoms with van der Waals surface area (Å²) in [5.74, 6) is -12.9. The second-order valence-electron chi connectivity index (χ2n) is 24.4. The normalized spacial score (nSPS) is 15.6. The van der Waals surface area contributed by atoms with Gasteiger partial charge in [-0.05, 0) is 105 Å². The Morgan fingerprint density at radius 3 is 1.41 bits per heavy atom. The minimum Gasteiger partial charge on any atom is -0.508 e. The topological polar surface area (TPSA) is 546 Å². The number of carbonyl (C=O) groups is 12. The van der Waals surface area contributed by atoms with Crippen LogP contribution in [0, 0.1) is 17.8 Å². The lowest BCUT2D eigenvalue weighted by molar-refractivity contribution is -0.146. The number of aliphatic imine (C=N–C) groups is 2. The lowest BCUT2D eigenvalue weighted by Gasteiger charge is -2.31. The second-order valence-corrected chi connectivity index (χ2v) is 24.4. The van der Waals surface area contributed by atoms with Crippen LogP contribution in [0.2, 0.25) is 0 Å². The van der Waals surface area contributed by atoms with Gasteiger partial charge in [0.2, 0.25) is 59.1 Å². The Bertz CT molecular complexity index is 2960. The molecule has 10 atom stereocenters. The molecule has 2 aromatic carbocycles. The van der Waals surface area contributed by atoms with Crippen molar-refractivity contribution in [3.05, 3.63) is 65.7 Å². The predicted molar refractivity (Wildman–Crippen MR) is 347 cm³/mol. The molecule has 1 heterocycles. The lowest BCUT2D eigenvalue weighted by atomic mass is 10.00. The van der Waals surface area contributed by atoms with E-state index in [9.17, 15) is 72.9 Å². The quantitative estimate of drug-likeness (QED) is 0.0185. The van der Waals surface area contributed by atoms with Crippen molar-refractivity contribution in [2.75, 3.05) is 19.6 Å². The van der Waals surface area contributed by atoms with Crippen LogP contribution in [-0.4, -0.2) is 183 Å². The van der Waals surface area contributed by atoms with E-state index in [4.69, 9.17) is 34.4 Å². The zero-order valence-electron chi connectivity index (χ0n) is 54.3. The van der Waals surface area contributed by atoms with Gasteiger partial charge in [-0.15, -0.1) is 0 Å². The summed E-state index contributed by atoms with van der Waals surface area (Å²) in [6, 6.07) is -0.0344. The molecule has 1 aliphatic heterocycles. The summed E-state index contributed by atoms with van der Waals surface area (Å²) in [5, 5.41) is 50.6. The van der Waals surface area contributed by atoms with Gasteiger partial charge in [0.25, 0.3) is 0 Å². The lowest BCUT2D eigenvalue weighted by Crippen LogP contribution is -2.61. The van der Waals surface area contributed by atoms with E-state index in [1.807, 2.05) is 13.8 Å². The molecule has 0 unspecified atom stereocenters. The fraction of sp³-hybridized carbons (Fsp3) is 0.581. The van der Waals surface area contributed by atoms with Gasteiger partial charge in [-0.1, -0.05) is 84.0 Å². The number of amides is 10. The van der Waals surface area contributed by atoms with Crippen LogP contribution in [0.4, 0.5) is 0 Å². The first kappa shape index (κ1) is 78.6. The number of carboxylic acid groups (broad SMARTS) is 2. The van der Waals surface area contributed by atoms with Crippen LogP contribution in [0.15, 0.2) is 64.6 Å². The minimum atomic E-state index is -1.69. The number of nitrogens with two attached hydrogens (primary N) is 6. The first-order valence-electron chi connectivity index (χ1n) is 31.4. The van der Waals surface area contributed by atoms with Crippen molar-refractivity contribution in [3.8, 4) is 5.75 Å². The zero-order valence-corrected chi connectivity index (χ0v) is 54.3. The fourth-order valence-corrected chi connectivity index (χ4v) is 10.3. The number of phenols is 1. The largest absolute Gasteiger partial charge is 0.508 e. The summed E-state index contributed by atoms with van der Waals surface area (Å²) in [6.07, 6.45) is -1.77. The molecule has 32 heteroatoms. The van der Waals surface area contributed by atoms with E-state index < -0.39 is 150 Å². The highest BCUT2D eigenvalue weighted by molar-refractivity contribution is 5.99. The summed E-state index contributed by atoms with van der Waals surface area (Å²) in [5.41, 5.74) is 34.8. The Morgan fingerprint density at radius 2 is 0.947 bits per heavy atom. The first-order chi connectivity index (χ1) is 44.3. The predicted octanol–water partition coefficient (Wildman–Crippen LogP) is -2.56. The molecule has 3 rings (SSSR count). The van der Waals surface area contributed by atoms with Crippen molar-refractivity contribution < 1.29 is 72.9 Å². The number of primary amides is 1. The Kier molecular flexibility index (Phi) is 33.2. The van der Waals surface area contributed by atoms with Gasteiger partial charge >= 0.3 is 11.9 Å². The molecule has 32 nitrogen and oxygen atoms in total. The molecule has 0 saturated carbocycles. The van der Waals surface area contributed by atoms with Gasteiger partial charge in [-0.3, -0.25) is 62.7 Å². The number of benzene rings is 2. The molecule has 0 bridgehead atoms. The van der Waals surface area contributed by atoms with Crippen molar-refractivity contribution in [1.29, 1.82) is 0 Å². The molecule has 0 spiro atoms. The van der Waals surface area contributed by atoms with E-state index in [0.717, 1.165) is 0 Å². The number of nitrogens with zero attached hydrogens (tertiary/aromatic N) is 3. The van der Waals surface area contributed by atoms with Crippen molar-refractivity contribution in [1.82, 2.24) is 47.4 Å². The van der Waals surface area contributed by atoms with Gasteiger partial charge in [-0.25, -0.2) is 4.79 Å². The number of phenolic OH excluding ortho intramolecular Hbond substituents is 1. The van der Waals surface area contributed by atoms with Crippen LogP contribution in [0.3, 0.4) is 0 Å². The third-order valence-electron chi connectivity index (χ3n) is 15.1. The molecular weight excluding hydrogens is 1220 g/mol. The number of likely N-dealkylation sites (tertiary alicyclic amines) is 1. The van der Waals surface area contributed by atoms with E-state index >= 15 is 0 Å². The van der Waals surface area contributed by atoms with Gasteiger partial charge in [0.05, 0.1) is 6.04 Å². The SMILES string of the molecule is CC(C)C[C@H](NC(=O)[C@H](CCC(=O)O)NC(=O)[C@H](Cc1ccccc1)NC(=O)[C@H](CCC(N)=O)NC(=O)[C@@H](N)CC(C)C)C(=O)N[C@@H](CCCN=C(N)N)C(=O)N[C@@H](Cc1ccc(O)cc1)C(=O)N[C@@H](CCCN=C(N)N)C(=O)N1CCC[C@H]1C(=O)N[C@H](C(=O)O)C(C)C. The number of aromatic hydroxyl groups is 1. The fourth-order valence-electron chi connectivity index (χ4n) is 10.3. The van der Waals surface area contributed by atoms with Crippen LogP contribution in [0.25, 0.3) is 0 Å². The Labute approximate surface area is 546 Å². The third kappa shape index (κ3) is 28.5. The van der Waals surface area contributed by atoms with Crippen LogP contribution in [-0.2, 0) is 70.4 Å². The van der Waals surface area contributed by atoms with Gasteiger partial charge in [-0.2, -0.15) is 0 Å². The first-order valence-corrected chi connectivity index (χ1v) is 31.4. The number of carbonyl (C=O) groups excluding carboxylic acids is 10. The molecule has 23 N–H and O–H groups in total. The van der Waals surface area contributed by atoms with Gasteiger partial charge < -0.3 is 97.2 Å². The number of guanidine groups is 2. The summed E-state index contributed by atoms with van der Waals surface area (Å²) >= 11 is 0. The molecule has 1 saturated heterocycles. The summed E-state index contributed by atoms with van der Waals surface area (Å²) in [7, 11) is 0. The molecule has 1 fully saturated rings. The number of hydrogen-bond donors (Lipinski definition) is 17. The van der Waals surface area contributed by atoms with Crippen molar-refractivity contribution >= 4 is 82.9 Å². The maximum absolute atomic E-state index is 14.8. The van der Waals surface area contributed by atoms with Crippen molar-refractivity contribution in [3.63, 3.8) is 0 Å². The highest BCUT2D eigenvalue weighted by atomic mass is 16.4. The average Bonchev–Trinajstić information content (AvgIpc) is 1.57. The summed E-state index contributed by atoms with van der Waals surface area (Å²) in [4.78, 5) is 174. The van der Waals surface area contributed by atoms with Gasteiger partial charge in [0, 0.05) is 45.3 Å². The maximum Gasteiger partial charge on any atom is 0.326 e. The number of hydrogen-bond acceptors (Lipinski definition) is 16. The highest BCUT2D eigenvalue weighted by Crippen LogP contribution is 2.22. The Balaban J connectivity index is 2.06. The molecule has 0 aromatic heterocycles. The van der Waals surface area contributed by atoms with E-state index in [1.54, 1.807) is 58.0 Å². The number of rotatable bonds is 41. The molecule has 94 heavy (non-hydrogen) atoms. The highest BCUT2D eigenvalue weighted by Gasteiger charge is 2.41.